The molecular formula is C16H30N2O. The molecule has 3 heteroatoms. The van der Waals surface area contributed by atoms with E-state index < -0.39 is 0 Å². The molecule has 110 valence electrons. The van der Waals surface area contributed by atoms with E-state index >= 15 is 0 Å². The lowest BCUT2D eigenvalue weighted by molar-refractivity contribution is 0.141. The van der Waals surface area contributed by atoms with Crippen LogP contribution in [0.3, 0.4) is 0 Å². The Bertz CT molecular complexity index is 313. The van der Waals surface area contributed by atoms with Gasteiger partial charge in [-0.3, -0.25) is 0 Å². The van der Waals surface area contributed by atoms with Crippen LogP contribution in [-0.4, -0.2) is 16.1 Å². The molecule has 1 saturated carbocycles. The summed E-state index contributed by atoms with van der Waals surface area (Å²) < 4.78 is 5.79. The lowest BCUT2D eigenvalue weighted by Crippen LogP contribution is -2.21. The van der Waals surface area contributed by atoms with Gasteiger partial charge in [-0.1, -0.05) is 34.1 Å². The van der Waals surface area contributed by atoms with Crippen LogP contribution in [0.1, 0.15) is 71.2 Å². The van der Waals surface area contributed by atoms with E-state index in [0.29, 0.717) is 12.1 Å². The van der Waals surface area contributed by atoms with E-state index in [-0.39, 0.29) is 0 Å². The number of aryl methyl sites for hydroxylation is 2. The maximum Gasteiger partial charge on any atom is 0.317 e. The summed E-state index contributed by atoms with van der Waals surface area (Å²) in [6.45, 7) is 11.9. The van der Waals surface area contributed by atoms with Crippen LogP contribution < -0.4 is 4.74 Å². The molecule has 1 heterocycles. The first-order valence-corrected chi connectivity index (χ1v) is 7.73. The minimum absolute atomic E-state index is 0.333. The Morgan fingerprint density at radius 3 is 1.84 bits per heavy atom. The highest BCUT2D eigenvalue weighted by molar-refractivity contribution is 5.11. The number of rotatable bonds is 2. The zero-order chi connectivity index (χ0) is 14.7. The van der Waals surface area contributed by atoms with Crippen LogP contribution >= 0.6 is 0 Å². The van der Waals surface area contributed by atoms with Crippen molar-refractivity contribution < 1.29 is 4.74 Å². The summed E-state index contributed by atoms with van der Waals surface area (Å²) in [6, 6.07) is 2.52. The summed E-state index contributed by atoms with van der Waals surface area (Å²) in [7, 11) is 0. The van der Waals surface area contributed by atoms with Gasteiger partial charge in [-0.15, -0.1) is 0 Å². The quantitative estimate of drug-likeness (QED) is 0.767. The topological polar surface area (TPSA) is 35.0 Å². The lowest BCUT2D eigenvalue weighted by atomic mass is 9.98. The Morgan fingerprint density at radius 1 is 0.895 bits per heavy atom. The van der Waals surface area contributed by atoms with Crippen LogP contribution in [0.4, 0.5) is 0 Å². The van der Waals surface area contributed by atoms with Gasteiger partial charge in [0.15, 0.2) is 0 Å². The number of nitrogens with zero attached hydrogens (tertiary/aromatic N) is 2. The fourth-order valence-electron chi connectivity index (χ4n) is 2.08. The van der Waals surface area contributed by atoms with Crippen molar-refractivity contribution in [3.8, 4) is 6.01 Å². The number of hydrogen-bond donors (Lipinski definition) is 0. The molecule has 0 atom stereocenters. The smallest absolute Gasteiger partial charge is 0.317 e. The van der Waals surface area contributed by atoms with Gasteiger partial charge in [0.1, 0.15) is 6.10 Å². The molecule has 0 amide bonds. The summed E-state index contributed by atoms with van der Waals surface area (Å²) in [5, 5.41) is 0. The molecule has 1 aromatic rings. The van der Waals surface area contributed by atoms with Crippen molar-refractivity contribution in [2.24, 2.45) is 0 Å². The zero-order valence-corrected chi connectivity index (χ0v) is 13.5. The second kappa shape index (κ2) is 10.8. The normalized spacial score (nSPS) is 14.6. The zero-order valence-electron chi connectivity index (χ0n) is 13.5. The Labute approximate surface area is 118 Å². The molecule has 0 aliphatic heterocycles. The first-order chi connectivity index (χ1) is 9.24. The fraction of sp³-hybridized carbons (Fsp3) is 0.750. The SMILES string of the molecule is CC.CC.Cc1cc(C)nc(OC2CCCCC2)n1. The van der Waals surface area contributed by atoms with Gasteiger partial charge in [0.05, 0.1) is 0 Å². The Kier molecular flexibility index (Phi) is 10.1. The third-order valence-corrected chi connectivity index (χ3v) is 2.79. The van der Waals surface area contributed by atoms with Crippen molar-refractivity contribution in [3.05, 3.63) is 17.5 Å². The molecule has 19 heavy (non-hydrogen) atoms. The Morgan fingerprint density at radius 2 is 1.37 bits per heavy atom. The number of aromatic nitrogens is 2. The van der Waals surface area contributed by atoms with Crippen molar-refractivity contribution in [3.63, 3.8) is 0 Å². The molecular weight excluding hydrogens is 236 g/mol. The lowest BCUT2D eigenvalue weighted by Gasteiger charge is -2.21. The molecule has 0 bridgehead atoms. The summed E-state index contributed by atoms with van der Waals surface area (Å²) in [4.78, 5) is 8.59. The van der Waals surface area contributed by atoms with Gasteiger partial charge in [0, 0.05) is 11.4 Å². The van der Waals surface area contributed by atoms with Gasteiger partial charge in [-0.25, -0.2) is 9.97 Å². The van der Waals surface area contributed by atoms with Crippen LogP contribution in [0.25, 0.3) is 0 Å². The number of ether oxygens (including phenoxy) is 1. The molecule has 0 radical (unpaired) electrons. The van der Waals surface area contributed by atoms with Gasteiger partial charge < -0.3 is 4.74 Å². The van der Waals surface area contributed by atoms with E-state index in [1.165, 1.54) is 19.3 Å². The van der Waals surface area contributed by atoms with E-state index in [2.05, 4.69) is 9.97 Å². The third-order valence-electron chi connectivity index (χ3n) is 2.79. The average Bonchev–Trinajstić information content (AvgIpc) is 2.43. The molecule has 1 aliphatic rings. The molecule has 1 fully saturated rings. The molecule has 1 aromatic heterocycles. The van der Waals surface area contributed by atoms with Gasteiger partial charge in [0.25, 0.3) is 0 Å². The summed E-state index contributed by atoms with van der Waals surface area (Å²) in [5.41, 5.74) is 1.96. The van der Waals surface area contributed by atoms with Crippen molar-refractivity contribution >= 4 is 0 Å². The van der Waals surface area contributed by atoms with Crippen LogP contribution in [0, 0.1) is 13.8 Å². The predicted molar refractivity (Wildman–Crippen MR) is 81.7 cm³/mol. The standard InChI is InChI=1S/C12H18N2O.2C2H6/c1-9-8-10(2)14-12(13-9)15-11-6-4-3-5-7-11;2*1-2/h8,11H,3-7H2,1-2H3;2*1-2H3. The summed E-state index contributed by atoms with van der Waals surface area (Å²) in [5.74, 6) is 0. The van der Waals surface area contributed by atoms with Crippen LogP contribution in [0.15, 0.2) is 6.07 Å². The number of hydrogen-bond acceptors (Lipinski definition) is 3. The molecule has 3 nitrogen and oxygen atoms in total. The van der Waals surface area contributed by atoms with Crippen LogP contribution in [-0.2, 0) is 0 Å². The van der Waals surface area contributed by atoms with Crippen molar-refractivity contribution in [1.82, 2.24) is 9.97 Å². The van der Waals surface area contributed by atoms with E-state index in [4.69, 9.17) is 4.74 Å². The first kappa shape index (κ1) is 17.9. The highest BCUT2D eigenvalue weighted by atomic mass is 16.5. The van der Waals surface area contributed by atoms with E-state index in [0.717, 1.165) is 24.2 Å². The molecule has 0 spiro atoms. The largest absolute Gasteiger partial charge is 0.460 e. The predicted octanol–water partition coefficient (Wildman–Crippen LogP) is 4.86. The van der Waals surface area contributed by atoms with Crippen LogP contribution in [0.5, 0.6) is 6.01 Å². The van der Waals surface area contributed by atoms with Crippen LogP contribution in [0.2, 0.25) is 0 Å². The fourth-order valence-corrected chi connectivity index (χ4v) is 2.08. The molecule has 0 aromatic carbocycles. The molecule has 0 unspecified atom stereocenters. The van der Waals surface area contributed by atoms with E-state index in [9.17, 15) is 0 Å². The maximum atomic E-state index is 5.79. The van der Waals surface area contributed by atoms with Gasteiger partial charge in [-0.2, -0.15) is 0 Å². The second-order valence-electron chi connectivity index (χ2n) is 4.31. The Balaban J connectivity index is 0.000000741. The molecule has 1 aliphatic carbocycles. The van der Waals surface area contributed by atoms with Gasteiger partial charge >= 0.3 is 6.01 Å². The van der Waals surface area contributed by atoms with E-state index in [1.54, 1.807) is 0 Å². The summed E-state index contributed by atoms with van der Waals surface area (Å²) in [6.07, 6.45) is 6.52. The van der Waals surface area contributed by atoms with Gasteiger partial charge in [-0.05, 0) is 45.6 Å². The first-order valence-electron chi connectivity index (χ1n) is 7.73. The highest BCUT2D eigenvalue weighted by Gasteiger charge is 2.16. The molecule has 2 rings (SSSR count). The van der Waals surface area contributed by atoms with Gasteiger partial charge in [0.2, 0.25) is 0 Å². The molecule has 0 N–H and O–H groups in total. The molecule has 0 saturated heterocycles. The van der Waals surface area contributed by atoms with Crippen molar-refractivity contribution in [1.29, 1.82) is 0 Å². The average molecular weight is 266 g/mol. The second-order valence-corrected chi connectivity index (χ2v) is 4.31. The highest BCUT2D eigenvalue weighted by Crippen LogP contribution is 2.21. The summed E-state index contributed by atoms with van der Waals surface area (Å²) >= 11 is 0. The van der Waals surface area contributed by atoms with Crippen molar-refractivity contribution in [2.45, 2.75) is 79.8 Å². The monoisotopic (exact) mass is 266 g/mol. The minimum Gasteiger partial charge on any atom is -0.460 e. The third kappa shape index (κ3) is 7.14. The van der Waals surface area contributed by atoms with Crippen molar-refractivity contribution in [2.75, 3.05) is 0 Å². The van der Waals surface area contributed by atoms with E-state index in [1.807, 2.05) is 47.6 Å². The maximum absolute atomic E-state index is 5.79. The Hall–Kier alpha value is -1.12. The minimum atomic E-state index is 0.333.